The van der Waals surface area contributed by atoms with Crippen molar-refractivity contribution in [2.45, 2.75) is 37.2 Å². The Morgan fingerprint density at radius 1 is 0.911 bits per heavy atom. The van der Waals surface area contributed by atoms with E-state index in [0.717, 1.165) is 19.9 Å². The number of sulfonamides is 1. The van der Waals surface area contributed by atoms with Crippen molar-refractivity contribution in [1.82, 2.24) is 10.2 Å². The first-order valence-corrected chi connectivity index (χ1v) is 17.0. The van der Waals surface area contributed by atoms with Gasteiger partial charge in [-0.2, -0.15) is 0 Å². The molecule has 4 rings (SSSR count). The van der Waals surface area contributed by atoms with Crippen LogP contribution >= 0.6 is 27.5 Å². The van der Waals surface area contributed by atoms with Crippen LogP contribution in [-0.2, 0) is 32.6 Å². The lowest BCUT2D eigenvalue weighted by molar-refractivity contribution is -0.140. The van der Waals surface area contributed by atoms with Gasteiger partial charge < -0.3 is 15.0 Å². The van der Waals surface area contributed by atoms with Crippen LogP contribution in [-0.4, -0.2) is 51.4 Å². The van der Waals surface area contributed by atoms with Crippen LogP contribution in [0.5, 0.6) is 5.75 Å². The Morgan fingerprint density at radius 3 is 2.22 bits per heavy atom. The third-order valence-corrected chi connectivity index (χ3v) is 9.58. The Morgan fingerprint density at radius 2 is 1.58 bits per heavy atom. The molecular weight excluding hydrogens is 678 g/mol. The van der Waals surface area contributed by atoms with Crippen LogP contribution in [0, 0.1) is 0 Å². The first kappa shape index (κ1) is 34.0. The zero-order chi connectivity index (χ0) is 32.4. The molecule has 0 aliphatic heterocycles. The minimum absolute atomic E-state index is 0.0140. The zero-order valence-electron chi connectivity index (χ0n) is 25.0. The second-order valence-corrected chi connectivity index (χ2v) is 13.5. The van der Waals surface area contributed by atoms with Gasteiger partial charge in [0.1, 0.15) is 18.3 Å². The SMILES string of the molecule is CCCNC(=O)C(Cc1ccccc1)N(Cc1cccc(Br)c1)C(=O)CN(c1cc(Cl)ccc1OC)S(=O)(=O)c1ccccc1. The number of benzene rings is 4. The van der Waals surface area contributed by atoms with E-state index in [-0.39, 0.29) is 40.2 Å². The van der Waals surface area contributed by atoms with E-state index in [1.165, 1.54) is 30.2 Å². The van der Waals surface area contributed by atoms with Gasteiger partial charge in [0, 0.05) is 29.0 Å². The summed E-state index contributed by atoms with van der Waals surface area (Å²) in [5.74, 6) is -0.697. The Hall–Kier alpha value is -3.86. The molecule has 2 amide bonds. The van der Waals surface area contributed by atoms with Gasteiger partial charge in [0.15, 0.2) is 0 Å². The normalized spacial score (nSPS) is 11.8. The summed E-state index contributed by atoms with van der Waals surface area (Å²) in [6, 6.07) is 28.3. The van der Waals surface area contributed by atoms with Crippen molar-refractivity contribution in [3.63, 3.8) is 0 Å². The largest absolute Gasteiger partial charge is 0.495 e. The molecule has 236 valence electrons. The van der Waals surface area contributed by atoms with Crippen molar-refractivity contribution in [2.24, 2.45) is 0 Å². The third-order valence-electron chi connectivity index (χ3n) is 7.08. The van der Waals surface area contributed by atoms with Crippen LogP contribution in [0.4, 0.5) is 5.69 Å². The highest BCUT2D eigenvalue weighted by Gasteiger charge is 2.35. The van der Waals surface area contributed by atoms with Crippen LogP contribution in [0.1, 0.15) is 24.5 Å². The van der Waals surface area contributed by atoms with E-state index < -0.39 is 28.5 Å². The summed E-state index contributed by atoms with van der Waals surface area (Å²) in [6.07, 6.45) is 0.934. The highest BCUT2D eigenvalue weighted by Crippen LogP contribution is 2.35. The molecule has 45 heavy (non-hydrogen) atoms. The topological polar surface area (TPSA) is 96.0 Å². The summed E-state index contributed by atoms with van der Waals surface area (Å²) in [5, 5.41) is 3.20. The molecule has 0 aliphatic rings. The molecule has 8 nitrogen and oxygen atoms in total. The molecule has 1 N–H and O–H groups in total. The predicted octanol–water partition coefficient (Wildman–Crippen LogP) is 6.47. The van der Waals surface area contributed by atoms with Gasteiger partial charge in [-0.05, 0) is 60.0 Å². The van der Waals surface area contributed by atoms with Crippen molar-refractivity contribution in [3.8, 4) is 5.75 Å². The molecule has 0 aliphatic carbocycles. The van der Waals surface area contributed by atoms with Crippen LogP contribution in [0.2, 0.25) is 5.02 Å². The first-order valence-electron chi connectivity index (χ1n) is 14.4. The Balaban J connectivity index is 1.84. The molecule has 0 bridgehead atoms. The van der Waals surface area contributed by atoms with E-state index in [1.807, 2.05) is 61.5 Å². The molecule has 0 saturated heterocycles. The van der Waals surface area contributed by atoms with Crippen LogP contribution in [0.25, 0.3) is 0 Å². The number of nitrogens with zero attached hydrogens (tertiary/aromatic N) is 2. The van der Waals surface area contributed by atoms with E-state index in [4.69, 9.17) is 16.3 Å². The van der Waals surface area contributed by atoms with Gasteiger partial charge in [-0.1, -0.05) is 95.1 Å². The number of hydrogen-bond donors (Lipinski definition) is 1. The fraction of sp³-hybridized carbons (Fsp3) is 0.235. The highest BCUT2D eigenvalue weighted by atomic mass is 79.9. The summed E-state index contributed by atoms with van der Waals surface area (Å²) in [4.78, 5) is 29.7. The first-order chi connectivity index (χ1) is 21.6. The van der Waals surface area contributed by atoms with Crippen molar-refractivity contribution in [1.29, 1.82) is 0 Å². The number of carbonyl (C=O) groups is 2. The molecule has 0 aromatic heterocycles. The lowest BCUT2D eigenvalue weighted by Crippen LogP contribution is -2.53. The second-order valence-electron chi connectivity index (χ2n) is 10.3. The number of amides is 2. The second kappa shape index (κ2) is 15.9. The molecule has 0 heterocycles. The number of ether oxygens (including phenoxy) is 1. The van der Waals surface area contributed by atoms with E-state index in [9.17, 15) is 18.0 Å². The van der Waals surface area contributed by atoms with Crippen molar-refractivity contribution < 1.29 is 22.7 Å². The molecule has 0 fully saturated rings. The molecule has 0 spiro atoms. The van der Waals surface area contributed by atoms with E-state index in [2.05, 4.69) is 21.2 Å². The predicted molar refractivity (Wildman–Crippen MR) is 181 cm³/mol. The van der Waals surface area contributed by atoms with Gasteiger partial charge in [0.05, 0.1) is 17.7 Å². The number of anilines is 1. The van der Waals surface area contributed by atoms with Crippen LogP contribution in [0.3, 0.4) is 0 Å². The fourth-order valence-corrected chi connectivity index (χ4v) is 6.89. The van der Waals surface area contributed by atoms with Gasteiger partial charge >= 0.3 is 0 Å². The Labute approximate surface area is 278 Å². The highest BCUT2D eigenvalue weighted by molar-refractivity contribution is 9.10. The summed E-state index contributed by atoms with van der Waals surface area (Å²) >= 11 is 9.83. The summed E-state index contributed by atoms with van der Waals surface area (Å²) in [7, 11) is -2.88. The summed E-state index contributed by atoms with van der Waals surface area (Å²) < 4.78 is 35.7. The van der Waals surface area contributed by atoms with E-state index in [1.54, 1.807) is 30.3 Å². The Kier molecular flexibility index (Phi) is 12.0. The summed E-state index contributed by atoms with van der Waals surface area (Å²) in [6.45, 7) is 1.81. The molecular formula is C34H35BrClN3O5S. The number of methoxy groups -OCH3 is 1. The van der Waals surface area contributed by atoms with Gasteiger partial charge in [-0.15, -0.1) is 0 Å². The smallest absolute Gasteiger partial charge is 0.264 e. The standard InChI is InChI=1S/C34H35BrClN3O5S/c1-3-19-37-34(41)31(21-25-11-6-4-7-12-25)38(23-26-13-10-14-27(35)20-26)33(40)24-39(30-22-28(36)17-18-32(30)44-2)45(42,43)29-15-8-5-9-16-29/h4-18,20,22,31H,3,19,21,23-24H2,1-2H3,(H,37,41). The zero-order valence-corrected chi connectivity index (χ0v) is 28.2. The third kappa shape index (κ3) is 8.87. The number of halogens is 2. The average molecular weight is 713 g/mol. The number of carbonyl (C=O) groups excluding carboxylic acids is 2. The molecule has 0 radical (unpaired) electrons. The molecule has 4 aromatic rings. The van der Waals surface area contributed by atoms with Gasteiger partial charge in [0.2, 0.25) is 11.8 Å². The number of rotatable bonds is 14. The van der Waals surface area contributed by atoms with E-state index >= 15 is 0 Å². The number of hydrogen-bond acceptors (Lipinski definition) is 5. The van der Waals surface area contributed by atoms with Crippen molar-refractivity contribution in [2.75, 3.05) is 24.5 Å². The Bertz CT molecular complexity index is 1710. The summed E-state index contributed by atoms with van der Waals surface area (Å²) in [5.41, 5.74) is 1.71. The van der Waals surface area contributed by atoms with Crippen LogP contribution < -0.4 is 14.4 Å². The van der Waals surface area contributed by atoms with Crippen molar-refractivity contribution in [3.05, 3.63) is 124 Å². The minimum Gasteiger partial charge on any atom is -0.495 e. The van der Waals surface area contributed by atoms with E-state index in [0.29, 0.717) is 13.0 Å². The number of nitrogens with one attached hydrogen (secondary N) is 1. The molecule has 0 saturated carbocycles. The van der Waals surface area contributed by atoms with Gasteiger partial charge in [0.25, 0.3) is 10.0 Å². The molecule has 11 heteroatoms. The fourth-order valence-electron chi connectivity index (χ4n) is 4.84. The van der Waals surface area contributed by atoms with Gasteiger partial charge in [-0.3, -0.25) is 13.9 Å². The minimum atomic E-state index is -4.29. The van der Waals surface area contributed by atoms with Gasteiger partial charge in [-0.25, -0.2) is 8.42 Å². The molecule has 4 aromatic carbocycles. The molecule has 1 atom stereocenters. The average Bonchev–Trinajstić information content (AvgIpc) is 3.04. The monoisotopic (exact) mass is 711 g/mol. The van der Waals surface area contributed by atoms with Crippen LogP contribution in [0.15, 0.2) is 112 Å². The molecule has 1 unspecified atom stereocenters. The lowest BCUT2D eigenvalue weighted by atomic mass is 10.0. The maximum Gasteiger partial charge on any atom is 0.264 e. The maximum atomic E-state index is 14.5. The maximum absolute atomic E-state index is 14.5. The van der Waals surface area contributed by atoms with Crippen molar-refractivity contribution >= 4 is 55.1 Å². The quantitative estimate of drug-likeness (QED) is 0.162. The lowest BCUT2D eigenvalue weighted by Gasteiger charge is -2.34.